The molecule has 0 radical (unpaired) electrons. The average Bonchev–Trinajstić information content (AvgIpc) is 2.76. The Hall–Kier alpha value is -2.23. The lowest BCUT2D eigenvalue weighted by atomic mass is 10.1. The maximum atomic E-state index is 11.6. The van der Waals surface area contributed by atoms with Gasteiger partial charge in [0.15, 0.2) is 0 Å². The van der Waals surface area contributed by atoms with Gasteiger partial charge in [-0.2, -0.15) is 0 Å². The summed E-state index contributed by atoms with van der Waals surface area (Å²) >= 11 is 0. The Balaban J connectivity index is 1.65. The van der Waals surface area contributed by atoms with E-state index in [0.717, 1.165) is 29.8 Å². The predicted octanol–water partition coefficient (Wildman–Crippen LogP) is 7.31. The second-order valence-electron chi connectivity index (χ2n) is 8.07. The number of nitrogens with zero attached hydrogens (tertiary/aromatic N) is 2. The summed E-state index contributed by atoms with van der Waals surface area (Å²) in [6.45, 7) is 4.23. The first-order chi connectivity index (χ1) is 14.7. The van der Waals surface area contributed by atoms with Crippen molar-refractivity contribution in [2.45, 2.75) is 97.3 Å². The van der Waals surface area contributed by atoms with Crippen molar-refractivity contribution in [3.8, 4) is 17.0 Å². The Morgan fingerprint density at radius 1 is 0.767 bits per heavy atom. The number of hydrogen-bond acceptors (Lipinski definition) is 4. The van der Waals surface area contributed by atoms with Gasteiger partial charge in [-0.05, 0) is 43.5 Å². The molecule has 1 aromatic heterocycles. The van der Waals surface area contributed by atoms with Crippen LogP contribution in [-0.4, -0.2) is 15.9 Å². The number of benzene rings is 1. The Morgan fingerprint density at radius 3 is 1.97 bits per heavy atom. The van der Waals surface area contributed by atoms with Crippen molar-refractivity contribution in [2.24, 2.45) is 0 Å². The van der Waals surface area contributed by atoms with Crippen LogP contribution in [0.3, 0.4) is 0 Å². The molecule has 4 nitrogen and oxygen atoms in total. The Morgan fingerprint density at radius 2 is 1.40 bits per heavy atom. The number of rotatable bonds is 15. The number of ether oxygens (including phenoxy) is 1. The summed E-state index contributed by atoms with van der Waals surface area (Å²) in [6, 6.07) is 7.45. The standard InChI is InChI=1S/C26H38N2O2/c1-3-5-6-7-8-9-10-11-12-13-15-23-20-28-25(21-27-23)22-16-18-24(19-17-22)30-26(29)14-4-2/h16-21H,3-15H2,1-2H3. The normalized spacial score (nSPS) is 10.9. The van der Waals surface area contributed by atoms with Crippen molar-refractivity contribution in [1.82, 2.24) is 9.97 Å². The lowest BCUT2D eigenvalue weighted by Crippen LogP contribution is -2.06. The van der Waals surface area contributed by atoms with Crippen molar-refractivity contribution < 1.29 is 9.53 Å². The van der Waals surface area contributed by atoms with Gasteiger partial charge in [-0.15, -0.1) is 0 Å². The molecule has 0 spiro atoms. The van der Waals surface area contributed by atoms with Gasteiger partial charge < -0.3 is 4.74 Å². The van der Waals surface area contributed by atoms with Gasteiger partial charge in [0.25, 0.3) is 0 Å². The molecule has 1 heterocycles. The number of esters is 1. The van der Waals surface area contributed by atoms with Crippen molar-refractivity contribution in [3.63, 3.8) is 0 Å². The van der Waals surface area contributed by atoms with E-state index in [4.69, 9.17) is 4.74 Å². The fourth-order valence-corrected chi connectivity index (χ4v) is 3.51. The Labute approximate surface area is 182 Å². The third-order valence-corrected chi connectivity index (χ3v) is 5.33. The van der Waals surface area contributed by atoms with Crippen molar-refractivity contribution >= 4 is 5.97 Å². The quantitative estimate of drug-likeness (QED) is 0.175. The minimum atomic E-state index is -0.193. The van der Waals surface area contributed by atoms with Crippen molar-refractivity contribution in [3.05, 3.63) is 42.4 Å². The highest BCUT2D eigenvalue weighted by molar-refractivity contribution is 5.72. The number of aromatic nitrogens is 2. The van der Waals surface area contributed by atoms with Gasteiger partial charge in [0.05, 0.1) is 17.6 Å². The largest absolute Gasteiger partial charge is 0.427 e. The van der Waals surface area contributed by atoms with E-state index >= 15 is 0 Å². The summed E-state index contributed by atoms with van der Waals surface area (Å²) in [7, 11) is 0. The first-order valence-corrected chi connectivity index (χ1v) is 11.8. The Kier molecular flexibility index (Phi) is 11.8. The van der Waals surface area contributed by atoms with Gasteiger partial charge in [-0.3, -0.25) is 14.8 Å². The number of carbonyl (C=O) groups excluding carboxylic acids is 1. The van der Waals surface area contributed by atoms with Crippen LogP contribution >= 0.6 is 0 Å². The van der Waals surface area contributed by atoms with Crippen LogP contribution in [0.4, 0.5) is 0 Å². The van der Waals surface area contributed by atoms with E-state index in [1.54, 1.807) is 0 Å². The van der Waals surface area contributed by atoms with Crippen LogP contribution in [0.15, 0.2) is 36.7 Å². The number of carbonyl (C=O) groups is 1. The zero-order chi connectivity index (χ0) is 21.4. The molecule has 0 saturated heterocycles. The van der Waals surface area contributed by atoms with Crippen LogP contribution in [0.25, 0.3) is 11.3 Å². The van der Waals surface area contributed by atoms with Crippen LogP contribution in [0.2, 0.25) is 0 Å². The van der Waals surface area contributed by atoms with E-state index in [9.17, 15) is 4.79 Å². The molecule has 0 fully saturated rings. The highest BCUT2D eigenvalue weighted by Crippen LogP contribution is 2.21. The second kappa shape index (κ2) is 14.7. The van der Waals surface area contributed by atoms with Gasteiger partial charge in [-0.1, -0.05) is 71.6 Å². The maximum Gasteiger partial charge on any atom is 0.311 e. The topological polar surface area (TPSA) is 52.1 Å². The van der Waals surface area contributed by atoms with E-state index in [2.05, 4.69) is 16.9 Å². The molecule has 0 N–H and O–H groups in total. The molecule has 164 valence electrons. The molecular weight excluding hydrogens is 372 g/mol. The summed E-state index contributed by atoms with van der Waals surface area (Å²) in [5.41, 5.74) is 2.87. The molecule has 2 rings (SSSR count). The van der Waals surface area contributed by atoms with Crippen LogP contribution in [-0.2, 0) is 11.2 Å². The first-order valence-electron chi connectivity index (χ1n) is 11.8. The lowest BCUT2D eigenvalue weighted by Gasteiger charge is -2.06. The third kappa shape index (κ3) is 9.51. The highest BCUT2D eigenvalue weighted by atomic mass is 16.5. The van der Waals surface area contributed by atoms with Crippen LogP contribution in [0, 0.1) is 0 Å². The average molecular weight is 411 g/mol. The lowest BCUT2D eigenvalue weighted by molar-refractivity contribution is -0.134. The molecule has 0 saturated carbocycles. The Bertz CT molecular complexity index is 711. The SMILES string of the molecule is CCCCCCCCCCCCc1cnc(-c2ccc(OC(=O)CCC)cc2)cn1. The van der Waals surface area contributed by atoms with E-state index in [-0.39, 0.29) is 5.97 Å². The molecule has 0 aliphatic rings. The zero-order valence-corrected chi connectivity index (χ0v) is 18.9. The molecule has 1 aromatic carbocycles. The summed E-state index contributed by atoms with van der Waals surface area (Å²) in [4.78, 5) is 20.7. The zero-order valence-electron chi connectivity index (χ0n) is 18.9. The molecule has 0 unspecified atom stereocenters. The van der Waals surface area contributed by atoms with E-state index < -0.39 is 0 Å². The van der Waals surface area contributed by atoms with Crippen molar-refractivity contribution in [1.29, 1.82) is 0 Å². The summed E-state index contributed by atoms with van der Waals surface area (Å²) in [6.07, 6.45) is 19.4. The summed E-state index contributed by atoms with van der Waals surface area (Å²) < 4.78 is 5.29. The monoisotopic (exact) mass is 410 g/mol. The van der Waals surface area contributed by atoms with Gasteiger partial charge in [0.2, 0.25) is 0 Å². The predicted molar refractivity (Wildman–Crippen MR) is 124 cm³/mol. The molecular formula is C26H38N2O2. The molecule has 0 amide bonds. The minimum Gasteiger partial charge on any atom is -0.427 e. The number of unbranched alkanes of at least 4 members (excludes halogenated alkanes) is 9. The first kappa shape index (κ1) is 24.0. The van der Waals surface area contributed by atoms with E-state index in [0.29, 0.717) is 12.2 Å². The summed E-state index contributed by atoms with van der Waals surface area (Å²) in [5, 5.41) is 0. The van der Waals surface area contributed by atoms with Crippen LogP contribution in [0.1, 0.15) is 96.6 Å². The van der Waals surface area contributed by atoms with Gasteiger partial charge in [0.1, 0.15) is 5.75 Å². The molecule has 4 heteroatoms. The van der Waals surface area contributed by atoms with E-state index in [1.165, 1.54) is 64.2 Å². The minimum absolute atomic E-state index is 0.193. The van der Waals surface area contributed by atoms with Crippen LogP contribution < -0.4 is 4.74 Å². The molecule has 2 aromatic rings. The molecule has 0 bridgehead atoms. The van der Waals surface area contributed by atoms with E-state index in [1.807, 2.05) is 43.6 Å². The smallest absolute Gasteiger partial charge is 0.311 e. The number of aryl methyl sites for hydroxylation is 1. The fourth-order valence-electron chi connectivity index (χ4n) is 3.51. The number of hydrogen-bond donors (Lipinski definition) is 0. The molecule has 0 aliphatic heterocycles. The fraction of sp³-hybridized carbons (Fsp3) is 0.577. The third-order valence-electron chi connectivity index (χ3n) is 5.33. The van der Waals surface area contributed by atoms with Crippen LogP contribution in [0.5, 0.6) is 5.75 Å². The van der Waals surface area contributed by atoms with Gasteiger partial charge >= 0.3 is 5.97 Å². The van der Waals surface area contributed by atoms with Gasteiger partial charge in [-0.25, -0.2) is 0 Å². The van der Waals surface area contributed by atoms with Gasteiger partial charge in [0, 0.05) is 18.2 Å². The second-order valence-corrected chi connectivity index (χ2v) is 8.07. The molecule has 0 atom stereocenters. The molecule has 30 heavy (non-hydrogen) atoms. The highest BCUT2D eigenvalue weighted by Gasteiger charge is 2.05. The van der Waals surface area contributed by atoms with Crippen molar-refractivity contribution in [2.75, 3.05) is 0 Å². The molecule has 0 aliphatic carbocycles. The maximum absolute atomic E-state index is 11.6. The summed E-state index contributed by atoms with van der Waals surface area (Å²) in [5.74, 6) is 0.379.